The lowest BCUT2D eigenvalue weighted by Crippen LogP contribution is -2.25. The Morgan fingerprint density at radius 1 is 1.09 bits per heavy atom. The third-order valence-electron chi connectivity index (χ3n) is 5.30. The molecule has 0 radical (unpaired) electrons. The summed E-state index contributed by atoms with van der Waals surface area (Å²) < 4.78 is 13.7. The second kappa shape index (κ2) is 8.34. The van der Waals surface area contributed by atoms with Gasteiger partial charge < -0.3 is 9.26 Å². The van der Waals surface area contributed by atoms with Gasteiger partial charge in [0, 0.05) is 11.1 Å². The first-order chi connectivity index (χ1) is 16.0. The van der Waals surface area contributed by atoms with Crippen LogP contribution in [0, 0.1) is 13.8 Å². The second-order valence-electron chi connectivity index (χ2n) is 7.74. The summed E-state index contributed by atoms with van der Waals surface area (Å²) in [6, 6.07) is 15.3. The van der Waals surface area contributed by atoms with Crippen LogP contribution < -0.4 is 10.3 Å². The van der Waals surface area contributed by atoms with Crippen LogP contribution in [0.1, 0.15) is 23.9 Å². The van der Waals surface area contributed by atoms with Crippen molar-refractivity contribution in [2.75, 3.05) is 6.61 Å². The van der Waals surface area contributed by atoms with Crippen molar-refractivity contribution in [3.05, 3.63) is 82.2 Å². The van der Waals surface area contributed by atoms with Gasteiger partial charge in [0.25, 0.3) is 5.56 Å². The van der Waals surface area contributed by atoms with Crippen molar-refractivity contribution in [3.8, 4) is 28.4 Å². The quantitative estimate of drug-likeness (QED) is 0.395. The van der Waals surface area contributed by atoms with E-state index in [-0.39, 0.29) is 18.0 Å². The minimum Gasteiger partial charge on any atom is -0.494 e. The average Bonchev–Trinajstić information content (AvgIpc) is 3.44. The fraction of sp³-hybridized carbons (Fsp3) is 0.208. The van der Waals surface area contributed by atoms with Crippen molar-refractivity contribution in [2.24, 2.45) is 0 Å². The lowest BCUT2D eigenvalue weighted by Gasteiger charge is -2.03. The number of hydrogen-bond donors (Lipinski definition) is 0. The van der Waals surface area contributed by atoms with Crippen LogP contribution in [0.15, 0.2) is 64.2 Å². The zero-order chi connectivity index (χ0) is 22.9. The zero-order valence-corrected chi connectivity index (χ0v) is 18.5. The van der Waals surface area contributed by atoms with Gasteiger partial charge in [0.2, 0.25) is 11.7 Å². The van der Waals surface area contributed by atoms with Gasteiger partial charge in [-0.25, -0.2) is 9.20 Å². The molecule has 9 nitrogen and oxygen atoms in total. The minimum absolute atomic E-state index is 0.0531. The van der Waals surface area contributed by atoms with Crippen LogP contribution in [0.25, 0.3) is 28.2 Å². The summed E-state index contributed by atoms with van der Waals surface area (Å²) in [6.07, 6.45) is 1.51. The molecule has 2 aromatic carbocycles. The van der Waals surface area contributed by atoms with E-state index in [4.69, 9.17) is 9.26 Å². The fourth-order valence-electron chi connectivity index (χ4n) is 3.74. The monoisotopic (exact) mass is 442 g/mol. The van der Waals surface area contributed by atoms with Gasteiger partial charge in [-0.15, -0.1) is 0 Å². The zero-order valence-electron chi connectivity index (χ0n) is 18.5. The summed E-state index contributed by atoms with van der Waals surface area (Å²) in [4.78, 5) is 17.5. The number of aromatic nitrogens is 6. The third kappa shape index (κ3) is 4.00. The fourth-order valence-corrected chi connectivity index (χ4v) is 3.74. The molecule has 0 atom stereocenters. The lowest BCUT2D eigenvalue weighted by atomic mass is 10.0. The smallest absolute Gasteiger partial charge is 0.293 e. The van der Waals surface area contributed by atoms with E-state index in [1.165, 1.54) is 21.1 Å². The number of aryl methyl sites for hydroxylation is 2. The summed E-state index contributed by atoms with van der Waals surface area (Å²) in [5.74, 6) is 1.42. The Morgan fingerprint density at radius 2 is 1.97 bits per heavy atom. The van der Waals surface area contributed by atoms with Crippen LogP contribution in [0.2, 0.25) is 0 Å². The molecule has 0 aliphatic rings. The Balaban J connectivity index is 1.44. The van der Waals surface area contributed by atoms with Crippen molar-refractivity contribution in [3.63, 3.8) is 0 Å². The summed E-state index contributed by atoms with van der Waals surface area (Å²) in [6.45, 7) is 6.61. The molecule has 0 bridgehead atoms. The van der Waals surface area contributed by atoms with E-state index in [1.807, 2.05) is 57.2 Å². The molecular formula is C24H22N6O3. The maximum absolute atomic E-state index is 13.0. The van der Waals surface area contributed by atoms with Crippen LogP contribution in [-0.4, -0.2) is 36.1 Å². The first kappa shape index (κ1) is 20.6. The summed E-state index contributed by atoms with van der Waals surface area (Å²) >= 11 is 0. The molecule has 5 rings (SSSR count). The predicted molar refractivity (Wildman–Crippen MR) is 122 cm³/mol. The molecule has 0 saturated carbocycles. The first-order valence-corrected chi connectivity index (χ1v) is 10.6. The Bertz CT molecular complexity index is 1510. The molecule has 0 aliphatic carbocycles. The number of benzene rings is 2. The van der Waals surface area contributed by atoms with Gasteiger partial charge in [-0.1, -0.05) is 41.1 Å². The Labute approximate surface area is 189 Å². The highest BCUT2D eigenvalue weighted by atomic mass is 16.5. The largest absolute Gasteiger partial charge is 0.494 e. The van der Waals surface area contributed by atoms with Crippen molar-refractivity contribution >= 4 is 5.52 Å². The van der Waals surface area contributed by atoms with E-state index < -0.39 is 0 Å². The molecule has 3 aromatic heterocycles. The van der Waals surface area contributed by atoms with E-state index in [2.05, 4.69) is 26.4 Å². The van der Waals surface area contributed by atoms with Gasteiger partial charge in [-0.05, 0) is 44.5 Å². The molecule has 0 unspecified atom stereocenters. The third-order valence-corrected chi connectivity index (χ3v) is 5.30. The van der Waals surface area contributed by atoms with Gasteiger partial charge in [0.1, 0.15) is 24.1 Å². The highest BCUT2D eigenvalue weighted by Crippen LogP contribution is 2.24. The number of ether oxygens (including phenoxy) is 1. The molecule has 0 fully saturated rings. The number of rotatable bonds is 6. The van der Waals surface area contributed by atoms with Gasteiger partial charge in [-0.2, -0.15) is 15.2 Å². The normalized spacial score (nSPS) is 11.2. The van der Waals surface area contributed by atoms with Crippen LogP contribution in [0.5, 0.6) is 5.75 Å². The Morgan fingerprint density at radius 3 is 2.79 bits per heavy atom. The predicted octanol–water partition coefficient (Wildman–Crippen LogP) is 3.67. The van der Waals surface area contributed by atoms with Gasteiger partial charge in [0.15, 0.2) is 0 Å². The summed E-state index contributed by atoms with van der Waals surface area (Å²) in [5, 5.41) is 12.8. The van der Waals surface area contributed by atoms with Crippen LogP contribution >= 0.6 is 0 Å². The van der Waals surface area contributed by atoms with E-state index in [9.17, 15) is 4.79 Å². The molecule has 0 saturated heterocycles. The molecule has 3 heterocycles. The summed E-state index contributed by atoms with van der Waals surface area (Å²) in [5.41, 5.74) is 4.86. The molecule has 0 N–H and O–H groups in total. The van der Waals surface area contributed by atoms with Gasteiger partial charge in [-0.3, -0.25) is 4.79 Å². The standard InChI is InChI=1S/C24H22N6O3/c1-4-32-18-7-5-6-17(11-18)23-26-22(33-28-23)13-29-24(31)21-12-20(27-30(21)14-25-29)19-9-8-15(2)10-16(19)3/h5-12,14H,4,13H2,1-3H3. The van der Waals surface area contributed by atoms with Crippen LogP contribution in [0.4, 0.5) is 0 Å². The average molecular weight is 442 g/mol. The molecule has 166 valence electrons. The highest BCUT2D eigenvalue weighted by Gasteiger charge is 2.15. The van der Waals surface area contributed by atoms with Crippen molar-refractivity contribution in [1.82, 2.24) is 29.5 Å². The van der Waals surface area contributed by atoms with E-state index in [0.29, 0.717) is 17.9 Å². The summed E-state index contributed by atoms with van der Waals surface area (Å²) in [7, 11) is 0. The molecule has 0 spiro atoms. The Kier molecular flexibility index (Phi) is 5.21. The Hall–Kier alpha value is -4.27. The highest BCUT2D eigenvalue weighted by molar-refractivity contribution is 5.68. The van der Waals surface area contributed by atoms with Crippen molar-refractivity contribution in [1.29, 1.82) is 0 Å². The van der Waals surface area contributed by atoms with Crippen LogP contribution in [-0.2, 0) is 6.54 Å². The van der Waals surface area contributed by atoms with Crippen molar-refractivity contribution < 1.29 is 9.26 Å². The molecule has 9 heteroatoms. The number of hydrogen-bond acceptors (Lipinski definition) is 7. The SMILES string of the molecule is CCOc1cccc(-c2noc(Cn3ncn4nc(-c5ccc(C)cc5C)cc4c3=O)n2)c1. The first-order valence-electron chi connectivity index (χ1n) is 10.6. The molecule has 5 aromatic rings. The van der Waals surface area contributed by atoms with E-state index in [0.717, 1.165) is 28.1 Å². The maximum Gasteiger partial charge on any atom is 0.293 e. The molecule has 33 heavy (non-hydrogen) atoms. The minimum atomic E-state index is -0.292. The maximum atomic E-state index is 13.0. The molecule has 0 aliphatic heterocycles. The molecule has 0 amide bonds. The topological polar surface area (TPSA) is 100 Å². The second-order valence-corrected chi connectivity index (χ2v) is 7.74. The van der Waals surface area contributed by atoms with Crippen molar-refractivity contribution in [2.45, 2.75) is 27.3 Å². The van der Waals surface area contributed by atoms with E-state index in [1.54, 1.807) is 6.07 Å². The number of nitrogens with zero attached hydrogens (tertiary/aromatic N) is 6. The van der Waals surface area contributed by atoms with E-state index >= 15 is 0 Å². The molecular weight excluding hydrogens is 420 g/mol. The van der Waals surface area contributed by atoms with Gasteiger partial charge in [0.05, 0.1) is 12.3 Å². The lowest BCUT2D eigenvalue weighted by molar-refractivity contribution is 0.340. The van der Waals surface area contributed by atoms with Crippen LogP contribution in [0.3, 0.4) is 0 Å². The van der Waals surface area contributed by atoms with Gasteiger partial charge >= 0.3 is 0 Å². The number of fused-ring (bicyclic) bond motifs is 1.